The van der Waals surface area contributed by atoms with Crippen LogP contribution in [0, 0.1) is 5.92 Å². The number of carbonyl (C=O) groups is 4. The van der Waals surface area contributed by atoms with Gasteiger partial charge in [-0.15, -0.1) is 61.2 Å². The largest absolute Gasteiger partial charge is 0.470 e. The van der Waals surface area contributed by atoms with Gasteiger partial charge in [-0.1, -0.05) is 100 Å². The van der Waals surface area contributed by atoms with E-state index in [-0.39, 0.29) is 82.4 Å². The van der Waals surface area contributed by atoms with Gasteiger partial charge in [0.05, 0.1) is 77.4 Å². The molecule has 0 N–H and O–H groups in total. The van der Waals surface area contributed by atoms with Gasteiger partial charge in [0.1, 0.15) is 58.5 Å². The van der Waals surface area contributed by atoms with Gasteiger partial charge in [-0.05, 0) is 118 Å². The van der Waals surface area contributed by atoms with Crippen molar-refractivity contribution in [3.8, 4) is 69.6 Å². The third-order valence-corrected chi connectivity index (χ3v) is 25.4. The average molecular weight is 2020 g/mol. The van der Waals surface area contributed by atoms with Crippen LogP contribution in [0.2, 0.25) is 0 Å². The van der Waals surface area contributed by atoms with Crippen LogP contribution in [0.1, 0.15) is 134 Å². The van der Waals surface area contributed by atoms with Gasteiger partial charge in [0.2, 0.25) is 46.8 Å². The summed E-state index contributed by atoms with van der Waals surface area (Å²) in [5.41, 5.74) is 7.60. The van der Waals surface area contributed by atoms with Gasteiger partial charge in [0, 0.05) is 153 Å². The molecule has 4 aliphatic rings. The molecular weight excluding hydrogens is 1920 g/mol. The lowest BCUT2D eigenvalue weighted by Crippen LogP contribution is -2.59. The molecule has 758 valence electrons. The van der Waals surface area contributed by atoms with Crippen molar-refractivity contribution in [1.29, 1.82) is 0 Å². The second kappa shape index (κ2) is 43.3. The molecule has 0 saturated carbocycles. The molecule has 16 aromatic heterocycles. The molecular formula is C103H97FN28O17. The first-order valence-corrected chi connectivity index (χ1v) is 48.0. The number of morpholine rings is 1. The van der Waals surface area contributed by atoms with E-state index in [2.05, 4.69) is 104 Å². The number of methoxy groups -OCH3 is 4. The van der Waals surface area contributed by atoms with E-state index in [0.29, 0.717) is 199 Å². The Morgan fingerprint density at radius 3 is 0.926 bits per heavy atom. The summed E-state index contributed by atoms with van der Waals surface area (Å²) in [7, 11) is 6.32. The second-order valence-corrected chi connectivity index (χ2v) is 36.2. The van der Waals surface area contributed by atoms with E-state index in [9.17, 15) is 23.6 Å². The first-order valence-electron chi connectivity index (χ1n) is 48.0. The maximum Gasteiger partial charge on any atom is 0.255 e. The molecule has 46 heteroatoms. The number of hydrogen-bond acceptors (Lipinski definition) is 37. The number of aromatic nitrogens is 24. The number of ether oxygens (including phenoxy) is 9. The predicted octanol–water partition coefficient (Wildman–Crippen LogP) is 13.4. The van der Waals surface area contributed by atoms with Crippen molar-refractivity contribution in [2.24, 2.45) is 5.92 Å². The van der Waals surface area contributed by atoms with E-state index in [1.165, 1.54) is 18.0 Å². The van der Waals surface area contributed by atoms with Gasteiger partial charge in [0.15, 0.2) is 68.4 Å². The van der Waals surface area contributed by atoms with Crippen LogP contribution in [0.25, 0.3) is 112 Å². The summed E-state index contributed by atoms with van der Waals surface area (Å²) in [6.45, 7) is 12.5. The van der Waals surface area contributed by atoms with Crippen molar-refractivity contribution in [3.05, 3.63) is 263 Å². The molecule has 4 aromatic carbocycles. The smallest absolute Gasteiger partial charge is 0.255 e. The quantitative estimate of drug-likeness (QED) is 0.0439. The lowest BCUT2D eigenvalue weighted by atomic mass is 9.98. The first-order chi connectivity index (χ1) is 72.8. The predicted molar refractivity (Wildman–Crippen MR) is 528 cm³/mol. The zero-order valence-corrected chi connectivity index (χ0v) is 81.8. The summed E-state index contributed by atoms with van der Waals surface area (Å²) >= 11 is 0. The summed E-state index contributed by atoms with van der Waals surface area (Å²) in [4.78, 5) is 75.6. The number of pyridine rings is 4. The normalized spacial score (nSPS) is 14.7. The Balaban J connectivity index is 0.000000116. The minimum atomic E-state index is -1.32. The fraction of sp³-hybridized carbons (Fsp3) is 0.301. The highest BCUT2D eigenvalue weighted by Crippen LogP contribution is 2.37. The van der Waals surface area contributed by atoms with Crippen LogP contribution >= 0.6 is 0 Å². The van der Waals surface area contributed by atoms with Crippen LogP contribution in [0.3, 0.4) is 0 Å². The number of halogens is 1. The SMILES string of the molecule is COCc1cc(-c2nnc3c4ccccc4c(OCc4ccc(C(=O)N5CC(C)(F)C5)cn4)nn23)no1.COCc1cc(-c2nnc3c4ccccc4c(OCc4ccc(C(=O)N5CCC(C)CC5)cn4)nn23)no1.COCc1cc(-c2nnc3c4ccccc4c(OCc4ccc(C(=O)N5CCCC5)cn4)nn23)no1.COCc1cc(-c2nnc3c4ccccc4c(OCc4ccc(C(=O)N5CCOCC5C)cn4)nn23)no1. The Morgan fingerprint density at radius 2 is 0.644 bits per heavy atom. The molecule has 0 aliphatic carbocycles. The molecule has 45 nitrogen and oxygen atoms in total. The summed E-state index contributed by atoms with van der Waals surface area (Å²) in [6, 6.07) is 51.8. The number of carbonyl (C=O) groups excluding carboxylic acids is 4. The van der Waals surface area contributed by atoms with Gasteiger partial charge in [-0.2, -0.15) is 18.1 Å². The van der Waals surface area contributed by atoms with Crippen molar-refractivity contribution in [3.63, 3.8) is 0 Å². The molecule has 4 fully saturated rings. The molecule has 4 saturated heterocycles. The van der Waals surface area contributed by atoms with E-state index < -0.39 is 5.67 Å². The first kappa shape index (κ1) is 97.4. The Labute approximate surface area is 845 Å². The van der Waals surface area contributed by atoms with Crippen LogP contribution in [0.4, 0.5) is 4.39 Å². The summed E-state index contributed by atoms with van der Waals surface area (Å²) < 4.78 is 91.6. The Hall–Kier alpha value is -17.6. The summed E-state index contributed by atoms with van der Waals surface area (Å²) in [6.07, 6.45) is 10.5. The maximum atomic E-state index is 13.7. The lowest BCUT2D eigenvalue weighted by Gasteiger charge is -2.42. The van der Waals surface area contributed by atoms with Crippen molar-refractivity contribution in [2.75, 3.05) is 87.5 Å². The van der Waals surface area contributed by atoms with Crippen molar-refractivity contribution in [2.45, 2.75) is 111 Å². The van der Waals surface area contributed by atoms with Crippen molar-refractivity contribution < 1.29 is 84.3 Å². The van der Waals surface area contributed by atoms with Gasteiger partial charge in [0.25, 0.3) is 23.6 Å². The number of hydrogen-bond donors (Lipinski definition) is 0. The molecule has 0 radical (unpaired) electrons. The summed E-state index contributed by atoms with van der Waals surface area (Å²) in [5, 5.41) is 75.9. The molecule has 4 amide bonds. The minimum Gasteiger partial charge on any atom is -0.470 e. The van der Waals surface area contributed by atoms with Crippen LogP contribution < -0.4 is 18.9 Å². The van der Waals surface area contributed by atoms with E-state index in [4.69, 9.17) is 65.8 Å². The number of benzene rings is 4. The number of nitrogens with zero attached hydrogens (tertiary/aromatic N) is 28. The van der Waals surface area contributed by atoms with Gasteiger partial charge in [-0.25, -0.2) is 4.39 Å². The monoisotopic (exact) mass is 2020 g/mol. The highest BCUT2D eigenvalue weighted by Gasteiger charge is 2.42. The van der Waals surface area contributed by atoms with Crippen molar-refractivity contribution in [1.82, 2.24) is 139 Å². The van der Waals surface area contributed by atoms with Crippen LogP contribution in [0.5, 0.6) is 23.5 Å². The lowest BCUT2D eigenvalue weighted by molar-refractivity contribution is -0.00788. The molecule has 0 spiro atoms. The zero-order chi connectivity index (χ0) is 102. The topological polar surface area (TPSA) is 492 Å². The van der Waals surface area contributed by atoms with E-state index >= 15 is 0 Å². The number of rotatable bonds is 28. The Morgan fingerprint density at radius 1 is 0.356 bits per heavy atom. The van der Waals surface area contributed by atoms with Crippen LogP contribution in [-0.4, -0.2) is 262 Å². The van der Waals surface area contributed by atoms with Gasteiger partial charge in [-0.3, -0.25) is 39.1 Å². The third-order valence-electron chi connectivity index (χ3n) is 25.4. The number of amides is 4. The fourth-order valence-electron chi connectivity index (χ4n) is 17.7. The standard InChI is InChI=1S/C27H27N7O4.C26H25N7O5.C25H22FN7O4.C25H23N7O4/c1-17-9-11-33(12-10-17)27(35)18-7-8-19(28-14-18)15-37-26-22-6-4-3-5-21(22)24-29-30-25(34(24)31-26)23-13-20(16-36-2)38-32-23;1-16-13-36-10-9-32(16)26(34)17-7-8-18(27-12-17)14-37-25-21-6-4-3-5-20(21)23-28-29-24(33(23)30-25)22-11-19(15-35-2)38-31-22;1-25(26)13-32(14-25)24(34)15-7-8-16(27-10-15)11-36-23-19-6-4-3-5-18(19)21-28-29-22(33(21)30-23)20-9-17(12-35-2)37-31-20;1-34-15-18-12-21(30-36-18)23-28-27-22-19-6-2-3-7-20(19)24(29-32(22)23)35-14-17-9-8-16(13-26-17)25(33)31-10-4-5-11-31/h3-8,13-14,17H,9-12,15-16H2,1-2H3;3-8,11-12,16H,9-10,13-15H2,1-2H3;3-10H,11-14H2,1-2H3;2-3,6-9,12-13H,4-5,10-11,14-15H2,1H3. The molecule has 20 aromatic rings. The average Bonchev–Trinajstić information content (AvgIpc) is 1.63. The molecule has 24 rings (SSSR count). The fourth-order valence-corrected chi connectivity index (χ4v) is 17.7. The van der Waals surface area contributed by atoms with Crippen molar-refractivity contribution >= 4 is 89.3 Å². The molecule has 149 heavy (non-hydrogen) atoms. The Kier molecular flexibility index (Phi) is 28.3. The second-order valence-electron chi connectivity index (χ2n) is 36.2. The number of alkyl halides is 1. The molecule has 4 aliphatic heterocycles. The summed E-state index contributed by atoms with van der Waals surface area (Å²) in [5.74, 6) is 5.88. The van der Waals surface area contributed by atoms with E-state index in [1.807, 2.05) is 125 Å². The minimum absolute atomic E-state index is 0.0206. The van der Waals surface area contributed by atoms with Crippen LogP contribution in [-0.2, 0) is 76.5 Å². The number of fused-ring (bicyclic) bond motifs is 12. The zero-order valence-electron chi connectivity index (χ0n) is 81.8. The highest BCUT2D eigenvalue weighted by molar-refractivity contribution is 6.01. The third kappa shape index (κ3) is 20.9. The van der Waals surface area contributed by atoms with E-state index in [0.717, 1.165) is 95.0 Å². The maximum absolute atomic E-state index is 13.7. The molecule has 1 unspecified atom stereocenters. The highest BCUT2D eigenvalue weighted by atomic mass is 19.1. The molecule has 20 heterocycles. The van der Waals surface area contributed by atoms with E-state index in [1.54, 1.807) is 132 Å². The molecule has 0 bridgehead atoms. The number of likely N-dealkylation sites (tertiary alicyclic amines) is 3. The molecule has 1 atom stereocenters. The van der Waals surface area contributed by atoms with Gasteiger partial charge < -0.3 is 80.3 Å². The Bertz CT molecular complexity index is 8240. The van der Waals surface area contributed by atoms with Gasteiger partial charge >= 0.3 is 0 Å². The number of piperidine rings is 1. The van der Waals surface area contributed by atoms with Crippen LogP contribution in [0.15, 0.2) is 213 Å².